The largest absolute Gasteiger partial charge is 0.325 e. The fraction of sp³-hybridized carbons (Fsp3) is 0.278. The summed E-state index contributed by atoms with van der Waals surface area (Å²) in [7, 11) is 0. The summed E-state index contributed by atoms with van der Waals surface area (Å²) in [5, 5.41) is 3.63. The van der Waals surface area contributed by atoms with E-state index < -0.39 is 0 Å². The van der Waals surface area contributed by atoms with Gasteiger partial charge in [0.1, 0.15) is 0 Å². The summed E-state index contributed by atoms with van der Waals surface area (Å²) in [5.41, 5.74) is 4.40. The van der Waals surface area contributed by atoms with E-state index in [2.05, 4.69) is 34.5 Å². The maximum atomic E-state index is 12.3. The predicted octanol–water partition coefficient (Wildman–Crippen LogP) is 3.65. The van der Waals surface area contributed by atoms with E-state index in [1.165, 1.54) is 11.1 Å². The molecule has 0 saturated carbocycles. The Bertz CT molecular complexity index is 699. The van der Waals surface area contributed by atoms with Gasteiger partial charge in [0.25, 0.3) is 0 Å². The van der Waals surface area contributed by atoms with Gasteiger partial charge in [0.05, 0.1) is 6.54 Å². The summed E-state index contributed by atoms with van der Waals surface area (Å²) >= 11 is 6.08. The van der Waals surface area contributed by atoms with Gasteiger partial charge in [0, 0.05) is 23.8 Å². The van der Waals surface area contributed by atoms with Crippen LogP contribution in [0.5, 0.6) is 0 Å². The summed E-state index contributed by atoms with van der Waals surface area (Å²) in [6.07, 6.45) is 1.000. The summed E-state index contributed by atoms with van der Waals surface area (Å²) < 4.78 is 0. The number of carbonyl (C=O) groups is 1. The molecule has 114 valence electrons. The average Bonchev–Trinajstić information content (AvgIpc) is 2.52. The SMILES string of the molecule is Cc1c(Cl)cccc1NC(=O)CN1CCc2ccccc2C1. The molecule has 0 atom stereocenters. The lowest BCUT2D eigenvalue weighted by Gasteiger charge is -2.28. The van der Waals surface area contributed by atoms with Crippen molar-refractivity contribution in [2.24, 2.45) is 0 Å². The van der Waals surface area contributed by atoms with E-state index in [-0.39, 0.29) is 5.91 Å². The molecule has 0 fully saturated rings. The van der Waals surface area contributed by atoms with Crippen molar-refractivity contribution in [1.82, 2.24) is 4.90 Å². The second kappa shape index (κ2) is 6.51. The summed E-state index contributed by atoms with van der Waals surface area (Å²) in [6.45, 7) is 4.06. The first-order valence-corrected chi connectivity index (χ1v) is 7.85. The maximum absolute atomic E-state index is 12.3. The van der Waals surface area contributed by atoms with Crippen molar-refractivity contribution >= 4 is 23.2 Å². The van der Waals surface area contributed by atoms with Crippen molar-refractivity contribution in [2.45, 2.75) is 19.9 Å². The molecule has 0 aliphatic carbocycles. The highest BCUT2D eigenvalue weighted by atomic mass is 35.5. The van der Waals surface area contributed by atoms with E-state index in [4.69, 9.17) is 11.6 Å². The zero-order valence-electron chi connectivity index (χ0n) is 12.6. The van der Waals surface area contributed by atoms with Gasteiger partial charge in [-0.05, 0) is 42.2 Å². The monoisotopic (exact) mass is 314 g/mol. The summed E-state index contributed by atoms with van der Waals surface area (Å²) in [4.78, 5) is 14.4. The van der Waals surface area contributed by atoms with Crippen molar-refractivity contribution in [3.63, 3.8) is 0 Å². The van der Waals surface area contributed by atoms with E-state index >= 15 is 0 Å². The van der Waals surface area contributed by atoms with Crippen LogP contribution in [-0.4, -0.2) is 23.9 Å². The van der Waals surface area contributed by atoms with Gasteiger partial charge < -0.3 is 5.32 Å². The fourth-order valence-corrected chi connectivity index (χ4v) is 3.00. The lowest BCUT2D eigenvalue weighted by Crippen LogP contribution is -2.37. The minimum Gasteiger partial charge on any atom is -0.325 e. The van der Waals surface area contributed by atoms with Gasteiger partial charge in [0.15, 0.2) is 0 Å². The topological polar surface area (TPSA) is 32.3 Å². The number of rotatable bonds is 3. The molecule has 0 bridgehead atoms. The number of nitrogens with zero attached hydrogens (tertiary/aromatic N) is 1. The molecule has 0 radical (unpaired) electrons. The number of hydrogen-bond donors (Lipinski definition) is 1. The Morgan fingerprint density at radius 3 is 2.77 bits per heavy atom. The molecule has 22 heavy (non-hydrogen) atoms. The van der Waals surface area contributed by atoms with E-state index in [0.29, 0.717) is 11.6 Å². The average molecular weight is 315 g/mol. The third-order valence-electron chi connectivity index (χ3n) is 4.12. The number of fused-ring (bicyclic) bond motifs is 1. The van der Waals surface area contributed by atoms with E-state index in [1.54, 1.807) is 0 Å². The molecule has 2 aromatic rings. The Kier molecular flexibility index (Phi) is 4.46. The van der Waals surface area contributed by atoms with E-state index in [1.807, 2.05) is 25.1 Å². The van der Waals surface area contributed by atoms with Crippen LogP contribution < -0.4 is 5.32 Å². The van der Waals surface area contributed by atoms with Gasteiger partial charge in [-0.1, -0.05) is 41.9 Å². The minimum atomic E-state index is 0.00440. The van der Waals surface area contributed by atoms with Crippen LogP contribution in [0.2, 0.25) is 5.02 Å². The number of carbonyl (C=O) groups excluding carboxylic acids is 1. The maximum Gasteiger partial charge on any atom is 0.238 e. The molecule has 4 heteroatoms. The molecular weight excluding hydrogens is 296 g/mol. The molecule has 0 saturated heterocycles. The quantitative estimate of drug-likeness (QED) is 0.938. The Hall–Kier alpha value is -1.84. The smallest absolute Gasteiger partial charge is 0.238 e. The second-order valence-corrected chi connectivity index (χ2v) is 6.10. The summed E-state index contributed by atoms with van der Waals surface area (Å²) in [5.74, 6) is 0.00440. The first-order valence-electron chi connectivity index (χ1n) is 7.47. The van der Waals surface area contributed by atoms with Gasteiger partial charge in [-0.25, -0.2) is 0 Å². The van der Waals surface area contributed by atoms with Crippen molar-refractivity contribution in [1.29, 1.82) is 0 Å². The van der Waals surface area contributed by atoms with Gasteiger partial charge >= 0.3 is 0 Å². The molecule has 1 aliphatic heterocycles. The second-order valence-electron chi connectivity index (χ2n) is 5.69. The van der Waals surface area contributed by atoms with Crippen LogP contribution in [-0.2, 0) is 17.8 Å². The molecule has 1 amide bonds. The molecule has 2 aromatic carbocycles. The fourth-order valence-electron chi connectivity index (χ4n) is 2.82. The zero-order chi connectivity index (χ0) is 15.5. The normalized spacial score (nSPS) is 14.5. The molecule has 0 unspecified atom stereocenters. The van der Waals surface area contributed by atoms with Crippen molar-refractivity contribution in [2.75, 3.05) is 18.4 Å². The third-order valence-corrected chi connectivity index (χ3v) is 4.53. The standard InChI is InChI=1S/C18H19ClN2O/c1-13-16(19)7-4-8-17(13)20-18(22)12-21-10-9-14-5-2-3-6-15(14)11-21/h2-8H,9-12H2,1H3,(H,20,22). The van der Waals surface area contributed by atoms with Gasteiger partial charge in [-0.2, -0.15) is 0 Å². The molecular formula is C18H19ClN2O. The van der Waals surface area contributed by atoms with Crippen LogP contribution in [0.25, 0.3) is 0 Å². The number of benzene rings is 2. The van der Waals surface area contributed by atoms with Crippen molar-refractivity contribution < 1.29 is 4.79 Å². The van der Waals surface area contributed by atoms with Crippen LogP contribution in [0, 0.1) is 6.92 Å². The van der Waals surface area contributed by atoms with Crippen LogP contribution in [0.15, 0.2) is 42.5 Å². The highest BCUT2D eigenvalue weighted by Crippen LogP contribution is 2.23. The minimum absolute atomic E-state index is 0.00440. The van der Waals surface area contributed by atoms with Crippen LogP contribution in [0.3, 0.4) is 0 Å². The van der Waals surface area contributed by atoms with Crippen LogP contribution in [0.1, 0.15) is 16.7 Å². The molecule has 3 rings (SSSR count). The van der Waals surface area contributed by atoms with E-state index in [0.717, 1.165) is 30.8 Å². The van der Waals surface area contributed by atoms with Gasteiger partial charge in [-0.15, -0.1) is 0 Å². The molecule has 3 nitrogen and oxygen atoms in total. The molecule has 0 aromatic heterocycles. The third kappa shape index (κ3) is 3.32. The lowest BCUT2D eigenvalue weighted by atomic mass is 10.00. The first-order chi connectivity index (χ1) is 10.6. The van der Waals surface area contributed by atoms with Crippen molar-refractivity contribution in [3.8, 4) is 0 Å². The van der Waals surface area contributed by atoms with Crippen molar-refractivity contribution in [3.05, 3.63) is 64.2 Å². The van der Waals surface area contributed by atoms with Crippen LogP contribution >= 0.6 is 11.6 Å². The van der Waals surface area contributed by atoms with Gasteiger partial charge in [-0.3, -0.25) is 9.69 Å². The number of halogens is 1. The number of anilines is 1. The number of nitrogens with one attached hydrogen (secondary N) is 1. The molecule has 1 N–H and O–H groups in total. The molecule has 0 spiro atoms. The summed E-state index contributed by atoms with van der Waals surface area (Å²) in [6, 6.07) is 14.0. The first kappa shape index (κ1) is 15.1. The highest BCUT2D eigenvalue weighted by Gasteiger charge is 2.18. The Morgan fingerprint density at radius 2 is 1.95 bits per heavy atom. The Morgan fingerprint density at radius 1 is 1.18 bits per heavy atom. The number of amides is 1. The number of hydrogen-bond acceptors (Lipinski definition) is 2. The Labute approximate surface area is 135 Å². The molecule has 1 heterocycles. The predicted molar refractivity (Wildman–Crippen MR) is 90.2 cm³/mol. The van der Waals surface area contributed by atoms with Crippen LogP contribution in [0.4, 0.5) is 5.69 Å². The Balaban J connectivity index is 1.62. The molecule has 1 aliphatic rings. The highest BCUT2D eigenvalue weighted by molar-refractivity contribution is 6.31. The zero-order valence-corrected chi connectivity index (χ0v) is 13.4. The van der Waals surface area contributed by atoms with E-state index in [9.17, 15) is 4.79 Å². The lowest BCUT2D eigenvalue weighted by molar-refractivity contribution is -0.117. The van der Waals surface area contributed by atoms with Gasteiger partial charge in [0.2, 0.25) is 5.91 Å².